The lowest BCUT2D eigenvalue weighted by Crippen LogP contribution is -2.53. The van der Waals surface area contributed by atoms with Gasteiger partial charge in [0, 0.05) is 19.1 Å². The molecule has 1 aromatic rings. The molecule has 1 heterocycles. The number of likely N-dealkylation sites (tertiary alicyclic amines) is 1. The van der Waals surface area contributed by atoms with Crippen molar-refractivity contribution in [3.63, 3.8) is 0 Å². The Morgan fingerprint density at radius 3 is 2.23 bits per heavy atom. The maximum Gasteiger partial charge on any atom is 0.241 e. The number of nitrogens with one attached hydrogen (secondary N) is 1. The molecule has 1 saturated heterocycles. The summed E-state index contributed by atoms with van der Waals surface area (Å²) in [5.74, 6) is 0.204. The number of benzene rings is 1. The zero-order chi connectivity index (χ0) is 18.6. The molecule has 1 unspecified atom stereocenters. The van der Waals surface area contributed by atoms with Crippen molar-refractivity contribution in [1.29, 1.82) is 0 Å². The van der Waals surface area contributed by atoms with E-state index in [1.807, 2.05) is 13.8 Å². The van der Waals surface area contributed by atoms with Crippen LogP contribution in [0.15, 0.2) is 29.2 Å². The van der Waals surface area contributed by atoms with Gasteiger partial charge in [0.05, 0.1) is 12.0 Å². The summed E-state index contributed by atoms with van der Waals surface area (Å²) in [5, 5.41) is 0. The SMILES string of the molecule is COc1ccc(S(=O)(=O)NC(C(=O)N2CCC(N)CC2)C(C)C)cc1.Cl. The molecule has 0 aliphatic carbocycles. The summed E-state index contributed by atoms with van der Waals surface area (Å²) in [6.45, 7) is 4.78. The summed E-state index contributed by atoms with van der Waals surface area (Å²) in [4.78, 5) is 14.6. The van der Waals surface area contributed by atoms with Gasteiger partial charge in [0.15, 0.2) is 0 Å². The molecular formula is C17H28ClN3O4S. The fraction of sp³-hybridized carbons (Fsp3) is 0.588. The summed E-state index contributed by atoms with van der Waals surface area (Å²) in [5.41, 5.74) is 5.87. The van der Waals surface area contributed by atoms with Crippen LogP contribution in [-0.4, -0.2) is 51.5 Å². The third kappa shape index (κ3) is 5.57. The second-order valence-corrected chi connectivity index (χ2v) is 8.40. The van der Waals surface area contributed by atoms with E-state index in [0.717, 1.165) is 12.8 Å². The van der Waals surface area contributed by atoms with Crippen LogP contribution in [0.25, 0.3) is 0 Å². The average molecular weight is 406 g/mol. The number of carbonyl (C=O) groups excluding carboxylic acids is 1. The molecule has 0 saturated carbocycles. The first-order chi connectivity index (χ1) is 11.7. The Kier molecular flexibility index (Phi) is 8.33. The van der Waals surface area contributed by atoms with Crippen molar-refractivity contribution in [3.05, 3.63) is 24.3 Å². The molecule has 1 aliphatic heterocycles. The topological polar surface area (TPSA) is 102 Å². The summed E-state index contributed by atoms with van der Waals surface area (Å²) in [6, 6.07) is 5.38. The minimum absolute atomic E-state index is 0. The summed E-state index contributed by atoms with van der Waals surface area (Å²) in [6.07, 6.45) is 1.48. The average Bonchev–Trinajstić information content (AvgIpc) is 2.59. The molecule has 1 aromatic carbocycles. The van der Waals surface area contributed by atoms with Crippen LogP contribution < -0.4 is 15.2 Å². The third-order valence-electron chi connectivity index (χ3n) is 4.44. The summed E-state index contributed by atoms with van der Waals surface area (Å²) >= 11 is 0. The molecule has 1 amide bonds. The predicted octanol–water partition coefficient (Wildman–Crippen LogP) is 1.37. The minimum Gasteiger partial charge on any atom is -0.497 e. The number of halogens is 1. The van der Waals surface area contributed by atoms with E-state index in [9.17, 15) is 13.2 Å². The second-order valence-electron chi connectivity index (χ2n) is 6.68. The molecule has 0 spiro atoms. The van der Waals surface area contributed by atoms with E-state index in [2.05, 4.69) is 4.72 Å². The molecule has 1 atom stereocenters. The molecule has 0 radical (unpaired) electrons. The van der Waals surface area contributed by atoms with Gasteiger partial charge in [-0.1, -0.05) is 13.8 Å². The maximum absolute atomic E-state index is 12.8. The Morgan fingerprint density at radius 1 is 1.23 bits per heavy atom. The number of nitrogens with two attached hydrogens (primary N) is 1. The summed E-state index contributed by atoms with van der Waals surface area (Å²) < 4.78 is 32.9. The standard InChI is InChI=1S/C17H27N3O4S.ClH/c1-12(2)16(17(21)20-10-8-13(18)9-11-20)19-25(22,23)15-6-4-14(24-3)5-7-15;/h4-7,12-13,16,19H,8-11,18H2,1-3H3;1H. The fourth-order valence-electron chi connectivity index (χ4n) is 2.78. The van der Waals surface area contributed by atoms with Crippen LogP contribution in [0.4, 0.5) is 0 Å². The minimum atomic E-state index is -3.80. The molecule has 2 rings (SSSR count). The Labute approximate surface area is 161 Å². The predicted molar refractivity (Wildman–Crippen MR) is 103 cm³/mol. The molecule has 7 nitrogen and oxygen atoms in total. The van der Waals surface area contributed by atoms with Gasteiger partial charge in [-0.15, -0.1) is 12.4 Å². The van der Waals surface area contributed by atoms with Crippen molar-refractivity contribution in [3.8, 4) is 5.75 Å². The molecule has 1 fully saturated rings. The number of amides is 1. The fourth-order valence-corrected chi connectivity index (χ4v) is 4.12. The van der Waals surface area contributed by atoms with E-state index in [4.69, 9.17) is 10.5 Å². The van der Waals surface area contributed by atoms with Crippen LogP contribution in [0.5, 0.6) is 5.75 Å². The second kappa shape index (κ2) is 9.55. The van der Waals surface area contributed by atoms with Crippen LogP contribution in [0, 0.1) is 5.92 Å². The lowest BCUT2D eigenvalue weighted by atomic mass is 10.0. The number of ether oxygens (including phenoxy) is 1. The van der Waals surface area contributed by atoms with E-state index >= 15 is 0 Å². The summed E-state index contributed by atoms with van der Waals surface area (Å²) in [7, 11) is -2.29. The number of carbonyl (C=O) groups is 1. The van der Waals surface area contributed by atoms with Crippen LogP contribution in [0.2, 0.25) is 0 Å². The Hall–Kier alpha value is -1.35. The lowest BCUT2D eigenvalue weighted by molar-refractivity contribution is -0.135. The van der Waals surface area contributed by atoms with E-state index in [-0.39, 0.29) is 35.2 Å². The molecule has 1 aliphatic rings. The van der Waals surface area contributed by atoms with Gasteiger partial charge in [-0.3, -0.25) is 4.79 Å². The Bertz CT molecular complexity index is 686. The molecule has 0 bridgehead atoms. The third-order valence-corrected chi connectivity index (χ3v) is 5.89. The van der Waals surface area contributed by atoms with Gasteiger partial charge in [0.1, 0.15) is 11.8 Å². The largest absolute Gasteiger partial charge is 0.497 e. The molecule has 148 valence electrons. The number of hydrogen-bond donors (Lipinski definition) is 2. The molecule has 9 heteroatoms. The number of piperidine rings is 1. The van der Waals surface area contributed by atoms with Crippen molar-refractivity contribution in [2.45, 2.75) is 43.7 Å². The van der Waals surface area contributed by atoms with E-state index in [1.165, 1.54) is 19.2 Å². The Morgan fingerprint density at radius 2 is 1.77 bits per heavy atom. The first-order valence-corrected chi connectivity index (χ1v) is 9.93. The van der Waals surface area contributed by atoms with Crippen LogP contribution in [0.1, 0.15) is 26.7 Å². The highest BCUT2D eigenvalue weighted by molar-refractivity contribution is 7.89. The zero-order valence-electron chi connectivity index (χ0n) is 15.3. The van der Waals surface area contributed by atoms with Crippen LogP contribution in [-0.2, 0) is 14.8 Å². The number of methoxy groups -OCH3 is 1. The molecule has 26 heavy (non-hydrogen) atoms. The van der Waals surface area contributed by atoms with E-state index < -0.39 is 16.1 Å². The number of sulfonamides is 1. The first-order valence-electron chi connectivity index (χ1n) is 8.45. The van der Waals surface area contributed by atoms with Crippen LogP contribution in [0.3, 0.4) is 0 Å². The van der Waals surface area contributed by atoms with E-state index in [0.29, 0.717) is 18.8 Å². The lowest BCUT2D eigenvalue weighted by Gasteiger charge is -2.34. The maximum atomic E-state index is 12.8. The highest BCUT2D eigenvalue weighted by Gasteiger charge is 2.32. The highest BCUT2D eigenvalue weighted by Crippen LogP contribution is 2.18. The Balaban J connectivity index is 0.00000338. The zero-order valence-corrected chi connectivity index (χ0v) is 17.0. The first kappa shape index (κ1) is 22.7. The van der Waals surface area contributed by atoms with E-state index in [1.54, 1.807) is 17.0 Å². The van der Waals surface area contributed by atoms with Crippen molar-refractivity contribution in [2.24, 2.45) is 11.7 Å². The highest BCUT2D eigenvalue weighted by atomic mass is 35.5. The number of nitrogens with zero attached hydrogens (tertiary/aromatic N) is 1. The van der Waals surface area contributed by atoms with Gasteiger partial charge in [-0.05, 0) is 43.0 Å². The van der Waals surface area contributed by atoms with Gasteiger partial charge in [0.2, 0.25) is 15.9 Å². The van der Waals surface area contributed by atoms with Gasteiger partial charge in [-0.2, -0.15) is 4.72 Å². The van der Waals surface area contributed by atoms with Crippen LogP contribution >= 0.6 is 12.4 Å². The van der Waals surface area contributed by atoms with Gasteiger partial charge in [-0.25, -0.2) is 8.42 Å². The smallest absolute Gasteiger partial charge is 0.241 e. The van der Waals surface area contributed by atoms with Gasteiger partial charge in [0.25, 0.3) is 0 Å². The van der Waals surface area contributed by atoms with Crippen molar-refractivity contribution >= 4 is 28.3 Å². The quantitative estimate of drug-likeness (QED) is 0.744. The van der Waals surface area contributed by atoms with Crippen molar-refractivity contribution in [1.82, 2.24) is 9.62 Å². The monoisotopic (exact) mass is 405 g/mol. The molecular weight excluding hydrogens is 378 g/mol. The van der Waals surface area contributed by atoms with Gasteiger partial charge < -0.3 is 15.4 Å². The van der Waals surface area contributed by atoms with Crippen molar-refractivity contribution in [2.75, 3.05) is 20.2 Å². The normalized spacial score (nSPS) is 16.9. The molecule has 0 aromatic heterocycles. The van der Waals surface area contributed by atoms with Gasteiger partial charge >= 0.3 is 0 Å². The molecule has 3 N–H and O–H groups in total. The number of hydrogen-bond acceptors (Lipinski definition) is 5. The number of rotatable bonds is 6. The van der Waals surface area contributed by atoms with Crippen molar-refractivity contribution < 1.29 is 17.9 Å².